The molecule has 1 aromatic heterocycles. The van der Waals surface area contributed by atoms with Crippen molar-refractivity contribution in [3.05, 3.63) is 63.5 Å². The molecule has 0 aliphatic carbocycles. The highest BCUT2D eigenvalue weighted by Crippen LogP contribution is 2.28. The highest BCUT2D eigenvalue weighted by Gasteiger charge is 2.40. The zero-order chi connectivity index (χ0) is 28.6. The summed E-state index contributed by atoms with van der Waals surface area (Å²) in [5, 5.41) is 16.4. The molecule has 2 N–H and O–H groups in total. The molecular weight excluding hydrogens is 553 g/mol. The van der Waals surface area contributed by atoms with Crippen LogP contribution < -0.4 is 15.7 Å². The number of ether oxygens (including phenoxy) is 1. The third kappa shape index (κ3) is 6.19. The summed E-state index contributed by atoms with van der Waals surface area (Å²) in [7, 11) is -3.71. The molecule has 38 heavy (non-hydrogen) atoms. The minimum Gasteiger partial charge on any atom is -0.495 e. The lowest BCUT2D eigenvalue weighted by Gasteiger charge is -2.21. The first-order chi connectivity index (χ1) is 17.5. The number of carbonyl (C=O) groups is 1. The van der Waals surface area contributed by atoms with E-state index in [0.29, 0.717) is 4.57 Å². The Kier molecular flexibility index (Phi) is 8.01. The molecule has 3 aromatic rings. The summed E-state index contributed by atoms with van der Waals surface area (Å²) in [5.74, 6) is -1.29. The summed E-state index contributed by atoms with van der Waals surface area (Å²) in [5.41, 5.74) is -1.93. The lowest BCUT2D eigenvalue weighted by molar-refractivity contribution is -0.207. The van der Waals surface area contributed by atoms with Crippen LogP contribution in [0.15, 0.2) is 52.2 Å². The van der Waals surface area contributed by atoms with Gasteiger partial charge in [-0.3, -0.25) is 9.36 Å². The van der Waals surface area contributed by atoms with E-state index in [9.17, 15) is 36.3 Å². The van der Waals surface area contributed by atoms with E-state index in [2.05, 4.69) is 10.4 Å². The fraction of sp³-hybridized carbons (Fsp3) is 0.348. The first-order valence-electron chi connectivity index (χ1n) is 10.9. The average Bonchev–Trinajstić information content (AvgIpc) is 3.14. The van der Waals surface area contributed by atoms with Crippen LogP contribution in [0.3, 0.4) is 0 Å². The molecule has 0 aliphatic heterocycles. The van der Waals surface area contributed by atoms with E-state index in [1.165, 1.54) is 30.3 Å². The Morgan fingerprint density at radius 3 is 2.29 bits per heavy atom. The van der Waals surface area contributed by atoms with Crippen LogP contribution in [-0.2, 0) is 16.6 Å². The van der Waals surface area contributed by atoms with E-state index >= 15 is 0 Å². The Morgan fingerprint density at radius 1 is 1.16 bits per heavy atom. The Morgan fingerprint density at radius 2 is 1.76 bits per heavy atom. The summed E-state index contributed by atoms with van der Waals surface area (Å²) in [6, 6.07) is 8.72. The van der Waals surface area contributed by atoms with Crippen LogP contribution in [-0.4, -0.2) is 58.1 Å². The second-order valence-electron chi connectivity index (χ2n) is 9.20. The van der Waals surface area contributed by atoms with E-state index in [-0.39, 0.29) is 26.0 Å². The molecule has 1 unspecified atom stereocenters. The minimum absolute atomic E-state index is 0.00673. The van der Waals surface area contributed by atoms with Crippen molar-refractivity contribution >= 4 is 27.5 Å². The Bertz CT molecular complexity index is 1510. The zero-order valence-electron chi connectivity index (χ0n) is 20.6. The Hall–Kier alpha value is -3.36. The SMILES string of the molecule is COc1cc(C(=O)NC(C)(C)C)ccc1S(=O)(=O)n1nc(-c2ccc(Cl)cc2)n(CC(O)C(F)(F)F)c1=O. The number of aliphatic hydroxyl groups is 1. The van der Waals surface area contributed by atoms with Crippen molar-refractivity contribution in [3.63, 3.8) is 0 Å². The monoisotopic (exact) mass is 576 g/mol. The highest BCUT2D eigenvalue weighted by atomic mass is 35.5. The van der Waals surface area contributed by atoms with Gasteiger partial charge in [-0.2, -0.15) is 21.6 Å². The summed E-state index contributed by atoms with van der Waals surface area (Å²) >= 11 is 5.85. The van der Waals surface area contributed by atoms with Crippen molar-refractivity contribution in [1.82, 2.24) is 19.1 Å². The molecule has 1 amide bonds. The lowest BCUT2D eigenvalue weighted by atomic mass is 10.1. The number of alkyl halides is 3. The van der Waals surface area contributed by atoms with Crippen molar-refractivity contribution in [2.45, 2.75) is 50.0 Å². The molecular formula is C23H24ClF3N4O6S. The predicted octanol–water partition coefficient (Wildman–Crippen LogP) is 3.06. The number of aliphatic hydroxyl groups excluding tert-OH is 1. The number of methoxy groups -OCH3 is 1. The number of nitrogens with zero attached hydrogens (tertiary/aromatic N) is 3. The van der Waals surface area contributed by atoms with Gasteiger partial charge in [0.25, 0.3) is 15.9 Å². The molecule has 10 nitrogen and oxygen atoms in total. The van der Waals surface area contributed by atoms with E-state index < -0.39 is 56.7 Å². The van der Waals surface area contributed by atoms with Crippen molar-refractivity contribution in [3.8, 4) is 17.1 Å². The molecule has 3 rings (SSSR count). The topological polar surface area (TPSA) is 133 Å². The summed E-state index contributed by atoms with van der Waals surface area (Å²) in [6.07, 6.45) is -8.08. The molecule has 0 spiro atoms. The van der Waals surface area contributed by atoms with Crippen molar-refractivity contribution < 1.29 is 36.2 Å². The molecule has 1 atom stereocenters. The van der Waals surface area contributed by atoms with Crippen LogP contribution >= 0.6 is 11.6 Å². The second-order valence-corrected chi connectivity index (χ2v) is 11.4. The largest absolute Gasteiger partial charge is 0.495 e. The Balaban J connectivity index is 2.17. The number of carbonyl (C=O) groups excluding carboxylic acids is 1. The zero-order valence-corrected chi connectivity index (χ0v) is 22.1. The van der Waals surface area contributed by atoms with E-state index in [1.807, 2.05) is 0 Å². The average molecular weight is 577 g/mol. The first kappa shape index (κ1) is 29.2. The molecule has 0 saturated carbocycles. The predicted molar refractivity (Wildman–Crippen MR) is 132 cm³/mol. The van der Waals surface area contributed by atoms with Gasteiger partial charge >= 0.3 is 11.9 Å². The van der Waals surface area contributed by atoms with Crippen molar-refractivity contribution in [2.24, 2.45) is 0 Å². The number of hydrogen-bond donors (Lipinski definition) is 2. The number of rotatable bonds is 7. The van der Waals surface area contributed by atoms with Gasteiger partial charge in [0.2, 0.25) is 0 Å². The van der Waals surface area contributed by atoms with E-state index in [0.717, 1.165) is 19.2 Å². The van der Waals surface area contributed by atoms with Gasteiger partial charge in [0.1, 0.15) is 10.6 Å². The molecule has 0 radical (unpaired) electrons. The molecule has 0 fully saturated rings. The number of benzene rings is 2. The fourth-order valence-electron chi connectivity index (χ4n) is 3.31. The van der Waals surface area contributed by atoms with Crippen LogP contribution in [0.1, 0.15) is 31.1 Å². The maximum atomic E-state index is 13.5. The smallest absolute Gasteiger partial charge is 0.416 e. The van der Waals surface area contributed by atoms with Crippen molar-refractivity contribution in [2.75, 3.05) is 7.11 Å². The maximum absolute atomic E-state index is 13.5. The lowest BCUT2D eigenvalue weighted by Crippen LogP contribution is -2.40. The van der Waals surface area contributed by atoms with Gasteiger partial charge in [-0.25, -0.2) is 4.79 Å². The third-order valence-electron chi connectivity index (χ3n) is 5.09. The van der Waals surface area contributed by atoms with Crippen LogP contribution in [0.25, 0.3) is 11.4 Å². The fourth-order valence-corrected chi connectivity index (χ4v) is 4.75. The number of nitrogens with one attached hydrogen (secondary N) is 1. The van der Waals surface area contributed by atoms with E-state index in [1.54, 1.807) is 20.8 Å². The van der Waals surface area contributed by atoms with E-state index in [4.69, 9.17) is 16.3 Å². The molecule has 0 saturated heterocycles. The maximum Gasteiger partial charge on any atom is 0.416 e. The Labute approximate surface area is 220 Å². The van der Waals surface area contributed by atoms with Gasteiger partial charge in [0.05, 0.1) is 13.7 Å². The highest BCUT2D eigenvalue weighted by molar-refractivity contribution is 7.90. The number of halogens is 4. The minimum atomic E-state index is -5.09. The molecule has 2 aromatic carbocycles. The van der Waals surface area contributed by atoms with Gasteiger partial charge in [-0.1, -0.05) is 15.7 Å². The van der Waals surface area contributed by atoms with Crippen molar-refractivity contribution in [1.29, 1.82) is 0 Å². The first-order valence-corrected chi connectivity index (χ1v) is 12.7. The normalized spacial score (nSPS) is 13.3. The number of amides is 1. The molecule has 0 bridgehead atoms. The van der Waals surface area contributed by atoms with Crippen LogP contribution in [0.4, 0.5) is 13.2 Å². The summed E-state index contributed by atoms with van der Waals surface area (Å²) < 4.78 is 71.8. The molecule has 15 heteroatoms. The van der Waals surface area contributed by atoms with Crippen LogP contribution in [0, 0.1) is 0 Å². The van der Waals surface area contributed by atoms with Crippen LogP contribution in [0.5, 0.6) is 5.75 Å². The van der Waals surface area contributed by atoms with Gasteiger partial charge in [0.15, 0.2) is 11.9 Å². The molecule has 1 heterocycles. The second kappa shape index (κ2) is 10.4. The third-order valence-corrected chi connectivity index (χ3v) is 6.93. The van der Waals surface area contributed by atoms with Crippen LogP contribution in [0.2, 0.25) is 5.02 Å². The number of hydrogen-bond acceptors (Lipinski definition) is 7. The number of aromatic nitrogens is 3. The quantitative estimate of drug-likeness (QED) is 0.442. The summed E-state index contributed by atoms with van der Waals surface area (Å²) in [6.45, 7) is 3.92. The standard InChI is InChI=1S/C23H24ClF3N4O6S/c1-22(2,3)28-20(33)14-7-10-17(16(11-14)37-4)38(35,36)31-21(34)30(12-18(32)23(25,26)27)19(29-31)13-5-8-15(24)9-6-13/h5-11,18,32H,12H2,1-4H3,(H,28,33). The van der Waals surface area contributed by atoms with Gasteiger partial charge < -0.3 is 15.2 Å². The van der Waals surface area contributed by atoms with Gasteiger partial charge in [-0.15, -0.1) is 5.10 Å². The van der Waals surface area contributed by atoms with Gasteiger partial charge in [0, 0.05) is 21.7 Å². The molecule has 206 valence electrons. The molecule has 0 aliphatic rings. The summed E-state index contributed by atoms with van der Waals surface area (Å²) in [4.78, 5) is 25.1. The van der Waals surface area contributed by atoms with Gasteiger partial charge in [-0.05, 0) is 63.2 Å².